The molecule has 17 heavy (non-hydrogen) atoms. The van der Waals surface area contributed by atoms with Crippen LogP contribution in [0.3, 0.4) is 0 Å². The Morgan fingerprint density at radius 3 is 2.59 bits per heavy atom. The van der Waals surface area contributed by atoms with Crippen molar-refractivity contribution in [3.8, 4) is 0 Å². The van der Waals surface area contributed by atoms with Crippen LogP contribution in [0.25, 0.3) is 0 Å². The van der Waals surface area contributed by atoms with Gasteiger partial charge in [-0.25, -0.2) is 0 Å². The Labute approximate surface area is 97.7 Å². The van der Waals surface area contributed by atoms with Crippen LogP contribution < -0.4 is 5.73 Å². The van der Waals surface area contributed by atoms with E-state index >= 15 is 0 Å². The summed E-state index contributed by atoms with van der Waals surface area (Å²) in [5, 5.41) is 10.5. The van der Waals surface area contributed by atoms with E-state index in [4.69, 9.17) is 14.9 Å². The van der Waals surface area contributed by atoms with Gasteiger partial charge in [-0.1, -0.05) is 0 Å². The maximum absolute atomic E-state index is 11.3. The lowest BCUT2D eigenvalue weighted by atomic mass is 10.1. The first-order valence-corrected chi connectivity index (χ1v) is 4.97. The second kappa shape index (κ2) is 4.54. The lowest BCUT2D eigenvalue weighted by Crippen LogP contribution is -2.35. The number of ether oxygens (including phenoxy) is 1. The van der Waals surface area contributed by atoms with Crippen LogP contribution in [0.5, 0.6) is 0 Å². The molecular weight excluding hydrogens is 228 g/mol. The Balaban J connectivity index is 2.88. The molecule has 0 saturated heterocycles. The van der Waals surface area contributed by atoms with E-state index in [1.807, 2.05) is 0 Å². The molecule has 1 rings (SSSR count). The molecule has 94 valence electrons. The molecule has 7 heteroatoms. The van der Waals surface area contributed by atoms with Crippen molar-refractivity contribution in [3.05, 3.63) is 28.0 Å². The van der Waals surface area contributed by atoms with E-state index in [-0.39, 0.29) is 5.76 Å². The van der Waals surface area contributed by atoms with Crippen molar-refractivity contribution in [2.45, 2.75) is 32.4 Å². The number of nitrogens with two attached hydrogens (primary N) is 1. The van der Waals surface area contributed by atoms with Crippen LogP contribution in [-0.2, 0) is 15.1 Å². The summed E-state index contributed by atoms with van der Waals surface area (Å²) in [4.78, 5) is 21.1. The zero-order valence-corrected chi connectivity index (χ0v) is 9.80. The Morgan fingerprint density at radius 2 is 2.18 bits per heavy atom. The number of nitro groups is 1. The molecule has 0 spiro atoms. The summed E-state index contributed by atoms with van der Waals surface area (Å²) in [6.07, 6.45) is 0. The third kappa shape index (κ3) is 3.04. The predicted molar refractivity (Wildman–Crippen MR) is 58.1 cm³/mol. The highest BCUT2D eigenvalue weighted by Crippen LogP contribution is 2.29. The molecule has 1 heterocycles. The summed E-state index contributed by atoms with van der Waals surface area (Å²) in [6, 6.07) is 1.84. The van der Waals surface area contributed by atoms with Crippen molar-refractivity contribution in [3.63, 3.8) is 0 Å². The average molecular weight is 242 g/mol. The lowest BCUT2D eigenvalue weighted by molar-refractivity contribution is -0.402. The number of furan rings is 1. The number of carbonyl (C=O) groups is 1. The minimum Gasteiger partial charge on any atom is -0.450 e. The second-order valence-corrected chi connectivity index (χ2v) is 4.12. The van der Waals surface area contributed by atoms with Gasteiger partial charge in [0.1, 0.15) is 11.0 Å². The molecule has 2 N–H and O–H groups in total. The monoisotopic (exact) mass is 242 g/mol. The lowest BCUT2D eigenvalue weighted by Gasteiger charge is -2.23. The average Bonchev–Trinajstić information content (AvgIpc) is 2.65. The summed E-state index contributed by atoms with van der Waals surface area (Å²) in [5.74, 6) is -0.808. The number of hydrogen-bond acceptors (Lipinski definition) is 6. The zero-order chi connectivity index (χ0) is 13.2. The van der Waals surface area contributed by atoms with Crippen LogP contribution in [0.1, 0.15) is 26.5 Å². The van der Waals surface area contributed by atoms with Crippen molar-refractivity contribution in [1.82, 2.24) is 0 Å². The fourth-order valence-corrected chi connectivity index (χ4v) is 1.14. The maximum Gasteiger partial charge on any atom is 0.433 e. The number of rotatable bonds is 4. The number of hydrogen-bond donors (Lipinski definition) is 1. The molecule has 0 fully saturated rings. The highest BCUT2D eigenvalue weighted by atomic mass is 16.7. The standard InChI is InChI=1S/C10H14N2O5/c1-6(11)9(13)17-10(2,3)7-4-5-8(16-7)12(14)15/h4-6H,11H2,1-3H3/t6-/m0/s1. The number of carbonyl (C=O) groups excluding carboxylic acids is 1. The van der Waals surface area contributed by atoms with Crippen molar-refractivity contribution in [2.75, 3.05) is 0 Å². The fraction of sp³-hybridized carbons (Fsp3) is 0.500. The molecule has 0 unspecified atom stereocenters. The van der Waals surface area contributed by atoms with E-state index < -0.39 is 28.4 Å². The van der Waals surface area contributed by atoms with Gasteiger partial charge < -0.3 is 14.9 Å². The van der Waals surface area contributed by atoms with Crippen LogP contribution in [0.4, 0.5) is 5.88 Å². The molecule has 0 saturated carbocycles. The van der Waals surface area contributed by atoms with Gasteiger partial charge in [-0.05, 0) is 26.8 Å². The Bertz CT molecular complexity index is 436. The van der Waals surface area contributed by atoms with E-state index in [0.717, 1.165) is 0 Å². The minimum absolute atomic E-state index is 0.193. The molecule has 7 nitrogen and oxygen atoms in total. The van der Waals surface area contributed by atoms with Crippen molar-refractivity contribution >= 4 is 11.9 Å². The Kier molecular flexibility index (Phi) is 3.52. The fourth-order valence-electron chi connectivity index (χ4n) is 1.14. The number of nitrogens with zero attached hydrogens (tertiary/aromatic N) is 1. The SMILES string of the molecule is C[C@H](N)C(=O)OC(C)(C)c1ccc([N+](=O)[O-])o1. The van der Waals surface area contributed by atoms with E-state index in [2.05, 4.69) is 0 Å². The summed E-state index contributed by atoms with van der Waals surface area (Å²) in [7, 11) is 0. The van der Waals surface area contributed by atoms with E-state index in [9.17, 15) is 14.9 Å². The molecular formula is C10H14N2O5. The molecule has 0 aliphatic heterocycles. The van der Waals surface area contributed by atoms with Crippen molar-refractivity contribution in [1.29, 1.82) is 0 Å². The summed E-state index contributed by atoms with van der Waals surface area (Å²) < 4.78 is 10.1. The predicted octanol–water partition coefficient (Wildman–Crippen LogP) is 1.31. The molecule has 0 bridgehead atoms. The largest absolute Gasteiger partial charge is 0.450 e. The Morgan fingerprint density at radius 1 is 1.59 bits per heavy atom. The van der Waals surface area contributed by atoms with Gasteiger partial charge in [-0.3, -0.25) is 14.9 Å². The van der Waals surface area contributed by atoms with E-state index in [0.29, 0.717) is 0 Å². The van der Waals surface area contributed by atoms with Crippen molar-refractivity contribution in [2.24, 2.45) is 5.73 Å². The van der Waals surface area contributed by atoms with Gasteiger partial charge >= 0.3 is 11.9 Å². The number of esters is 1. The zero-order valence-electron chi connectivity index (χ0n) is 9.80. The van der Waals surface area contributed by atoms with Gasteiger partial charge in [0.15, 0.2) is 11.4 Å². The molecule has 0 aliphatic rings. The van der Waals surface area contributed by atoms with Crippen LogP contribution in [0.15, 0.2) is 16.5 Å². The minimum atomic E-state index is -1.10. The molecule has 1 aromatic heterocycles. The molecule has 0 aromatic carbocycles. The molecule has 0 radical (unpaired) electrons. The van der Waals surface area contributed by atoms with Gasteiger partial charge in [0.25, 0.3) is 0 Å². The van der Waals surface area contributed by atoms with Crippen LogP contribution >= 0.6 is 0 Å². The first kappa shape index (κ1) is 13.2. The summed E-state index contributed by atoms with van der Waals surface area (Å²) in [5.41, 5.74) is 4.26. The van der Waals surface area contributed by atoms with Gasteiger partial charge in [0.2, 0.25) is 0 Å². The van der Waals surface area contributed by atoms with Gasteiger partial charge in [-0.2, -0.15) is 0 Å². The van der Waals surface area contributed by atoms with E-state index in [1.54, 1.807) is 13.8 Å². The van der Waals surface area contributed by atoms with E-state index in [1.165, 1.54) is 19.1 Å². The van der Waals surface area contributed by atoms with Crippen molar-refractivity contribution < 1.29 is 18.9 Å². The second-order valence-electron chi connectivity index (χ2n) is 4.12. The third-order valence-corrected chi connectivity index (χ3v) is 2.09. The normalized spacial score (nSPS) is 13.2. The maximum atomic E-state index is 11.3. The highest BCUT2D eigenvalue weighted by Gasteiger charge is 2.31. The third-order valence-electron chi connectivity index (χ3n) is 2.09. The Hall–Kier alpha value is -1.89. The van der Waals surface area contributed by atoms with Gasteiger partial charge in [0.05, 0.1) is 6.07 Å². The molecule has 1 aromatic rings. The quantitative estimate of drug-likeness (QED) is 0.484. The summed E-state index contributed by atoms with van der Waals surface area (Å²) >= 11 is 0. The first-order valence-electron chi connectivity index (χ1n) is 4.97. The van der Waals surface area contributed by atoms with Crippen LogP contribution in [-0.4, -0.2) is 16.9 Å². The van der Waals surface area contributed by atoms with Crippen LogP contribution in [0.2, 0.25) is 0 Å². The summed E-state index contributed by atoms with van der Waals surface area (Å²) in [6.45, 7) is 4.62. The smallest absolute Gasteiger partial charge is 0.433 e. The molecule has 0 aliphatic carbocycles. The van der Waals surface area contributed by atoms with Gasteiger partial charge in [0, 0.05) is 0 Å². The first-order chi connectivity index (χ1) is 7.74. The van der Waals surface area contributed by atoms with Gasteiger partial charge in [-0.15, -0.1) is 0 Å². The molecule has 0 amide bonds. The van der Waals surface area contributed by atoms with Crippen LogP contribution in [0, 0.1) is 10.1 Å². The topological polar surface area (TPSA) is 109 Å². The highest BCUT2D eigenvalue weighted by molar-refractivity contribution is 5.75. The molecule has 1 atom stereocenters.